The van der Waals surface area contributed by atoms with Crippen LogP contribution in [0.4, 0.5) is 11.4 Å². The van der Waals surface area contributed by atoms with Crippen LogP contribution >= 0.6 is 0 Å². The summed E-state index contributed by atoms with van der Waals surface area (Å²) < 4.78 is 25.0. The third-order valence-electron chi connectivity index (χ3n) is 12.4. The number of aliphatic hydroxyl groups excluding tert-OH is 1. The lowest BCUT2D eigenvalue weighted by molar-refractivity contribution is -0.145. The number of rotatable bonds is 19. The normalized spacial score (nSPS) is 18.3. The Bertz CT molecular complexity index is 2450. The summed E-state index contributed by atoms with van der Waals surface area (Å²) in [5, 5.41) is 31.3. The Labute approximate surface area is 391 Å². The molecule has 5 N–H and O–H groups in total. The van der Waals surface area contributed by atoms with Gasteiger partial charge in [0.05, 0.1) is 48.3 Å². The van der Waals surface area contributed by atoms with Gasteiger partial charge in [-0.3, -0.25) is 24.2 Å². The molecule has 18 heteroatoms. The molecular formula is C49H64N10O8. The number of nitrogens with zero attached hydrogens (tertiary/aromatic N) is 6. The molecule has 0 radical (unpaired) electrons. The highest BCUT2D eigenvalue weighted by molar-refractivity contribution is 5.93. The number of aromatic nitrogens is 5. The van der Waals surface area contributed by atoms with E-state index in [0.717, 1.165) is 28.2 Å². The highest BCUT2D eigenvalue weighted by atomic mass is 16.5. The molecule has 358 valence electrons. The molecule has 3 aromatic heterocycles. The predicted octanol–water partition coefficient (Wildman–Crippen LogP) is 5.22. The number of piperidine rings is 1. The topological polar surface area (TPSA) is 210 Å². The fourth-order valence-electron chi connectivity index (χ4n) is 8.72. The van der Waals surface area contributed by atoms with Crippen LogP contribution in [0, 0.1) is 5.41 Å². The largest absolute Gasteiger partial charge is 0.495 e. The molecule has 0 spiro atoms. The van der Waals surface area contributed by atoms with E-state index in [9.17, 15) is 19.5 Å². The summed E-state index contributed by atoms with van der Waals surface area (Å²) in [4.78, 5) is 50.0. The lowest BCUT2D eigenvalue weighted by Gasteiger charge is -2.39. The van der Waals surface area contributed by atoms with Crippen LogP contribution in [0.15, 0.2) is 79.1 Å². The van der Waals surface area contributed by atoms with E-state index in [4.69, 9.17) is 18.9 Å². The number of carbonyl (C=O) groups is 3. The number of pyridine rings is 1. The SMILES string of the molecule is COCCOc1cc(-c2ccnn2C)ccc1CNC(=O)[C@@H]1CCCN1C(=O)[C@@H](NC(=O)CO[C@H]1CCN(c2ccc(NC(O)c3cccc(-c4ccn[nH]4)n3)c(OC)c2)[C@@H](C)C1)C(C)(C)C. The van der Waals surface area contributed by atoms with Gasteiger partial charge in [0.2, 0.25) is 17.7 Å². The van der Waals surface area contributed by atoms with Gasteiger partial charge in [-0.2, -0.15) is 10.2 Å². The second kappa shape index (κ2) is 21.9. The molecule has 5 heterocycles. The van der Waals surface area contributed by atoms with E-state index in [1.807, 2.05) is 88.5 Å². The minimum absolute atomic E-state index is 0.0771. The molecule has 67 heavy (non-hydrogen) atoms. The summed E-state index contributed by atoms with van der Waals surface area (Å²) in [6.45, 7) is 9.64. The van der Waals surface area contributed by atoms with E-state index in [2.05, 4.69) is 48.1 Å². The number of aliphatic hydroxyl groups is 1. The molecule has 1 unspecified atom stereocenters. The first-order chi connectivity index (χ1) is 32.2. The molecule has 2 aliphatic heterocycles. The molecule has 7 rings (SSSR count). The van der Waals surface area contributed by atoms with Gasteiger partial charge in [0.25, 0.3) is 0 Å². The Morgan fingerprint density at radius 2 is 1.81 bits per heavy atom. The van der Waals surface area contributed by atoms with Crippen molar-refractivity contribution < 1.29 is 38.4 Å². The predicted molar refractivity (Wildman–Crippen MR) is 253 cm³/mol. The Morgan fingerprint density at radius 3 is 2.52 bits per heavy atom. The number of anilines is 2. The minimum atomic E-state index is -1.09. The smallest absolute Gasteiger partial charge is 0.246 e. The van der Waals surface area contributed by atoms with E-state index in [1.165, 1.54) is 0 Å². The van der Waals surface area contributed by atoms with Crippen LogP contribution in [0.5, 0.6) is 11.5 Å². The summed E-state index contributed by atoms with van der Waals surface area (Å²) in [5.41, 5.74) is 5.40. The van der Waals surface area contributed by atoms with Crippen molar-refractivity contribution in [1.82, 2.24) is 40.5 Å². The first kappa shape index (κ1) is 48.4. The van der Waals surface area contributed by atoms with Crippen molar-refractivity contribution in [2.24, 2.45) is 12.5 Å². The van der Waals surface area contributed by atoms with Crippen LogP contribution in [0.1, 0.15) is 70.9 Å². The zero-order chi connectivity index (χ0) is 47.7. The van der Waals surface area contributed by atoms with Crippen molar-refractivity contribution in [3.8, 4) is 34.1 Å². The number of amides is 3. The van der Waals surface area contributed by atoms with Gasteiger partial charge < -0.3 is 49.8 Å². The summed E-state index contributed by atoms with van der Waals surface area (Å²) in [7, 11) is 5.07. The number of benzene rings is 2. The number of H-pyrrole nitrogens is 1. The number of nitrogens with one attached hydrogen (secondary N) is 4. The summed E-state index contributed by atoms with van der Waals surface area (Å²) >= 11 is 0. The zero-order valence-electron chi connectivity index (χ0n) is 39.5. The Morgan fingerprint density at radius 1 is 0.970 bits per heavy atom. The molecular weight excluding hydrogens is 857 g/mol. The van der Waals surface area contributed by atoms with Crippen LogP contribution < -0.4 is 30.3 Å². The number of methoxy groups -OCH3 is 2. The van der Waals surface area contributed by atoms with E-state index in [-0.39, 0.29) is 37.1 Å². The molecule has 0 saturated carbocycles. The van der Waals surface area contributed by atoms with E-state index in [1.54, 1.807) is 42.3 Å². The average Bonchev–Trinajstić information content (AvgIpc) is 4.13. The summed E-state index contributed by atoms with van der Waals surface area (Å²) in [6.07, 6.45) is 4.65. The van der Waals surface area contributed by atoms with Gasteiger partial charge in [0.1, 0.15) is 36.8 Å². The molecule has 0 aliphatic carbocycles. The molecule has 3 amide bonds. The number of aryl methyl sites for hydroxylation is 1. The molecule has 18 nitrogen and oxygen atoms in total. The average molecular weight is 921 g/mol. The van der Waals surface area contributed by atoms with E-state index in [0.29, 0.717) is 80.6 Å². The molecule has 2 fully saturated rings. The van der Waals surface area contributed by atoms with Crippen LogP contribution in [-0.2, 0) is 37.4 Å². The highest BCUT2D eigenvalue weighted by Crippen LogP contribution is 2.35. The number of likely N-dealkylation sites (tertiary alicyclic amines) is 1. The molecule has 0 bridgehead atoms. The molecule has 2 saturated heterocycles. The molecule has 2 aliphatic rings. The van der Waals surface area contributed by atoms with E-state index >= 15 is 0 Å². The van der Waals surface area contributed by atoms with Crippen LogP contribution in [0.2, 0.25) is 0 Å². The Hall–Kier alpha value is -6.50. The second-order valence-corrected chi connectivity index (χ2v) is 18.1. The van der Waals surface area contributed by atoms with Gasteiger partial charge in [0.15, 0.2) is 6.23 Å². The lowest BCUT2D eigenvalue weighted by Crippen LogP contribution is -2.58. The molecule has 2 aromatic carbocycles. The maximum atomic E-state index is 14.3. The number of ether oxygens (including phenoxy) is 4. The quantitative estimate of drug-likeness (QED) is 0.0532. The van der Waals surface area contributed by atoms with Crippen LogP contribution in [0.3, 0.4) is 0 Å². The van der Waals surface area contributed by atoms with Crippen LogP contribution in [0.25, 0.3) is 22.6 Å². The Balaban J connectivity index is 0.909. The van der Waals surface area contributed by atoms with Crippen molar-refractivity contribution in [2.75, 3.05) is 57.3 Å². The van der Waals surface area contributed by atoms with Crippen molar-refractivity contribution in [2.45, 2.75) is 90.4 Å². The number of hydrogen-bond acceptors (Lipinski definition) is 13. The molecule has 5 atom stereocenters. The Kier molecular flexibility index (Phi) is 15.8. The van der Waals surface area contributed by atoms with Crippen molar-refractivity contribution in [3.63, 3.8) is 0 Å². The van der Waals surface area contributed by atoms with Gasteiger partial charge in [0, 0.05) is 75.1 Å². The zero-order valence-corrected chi connectivity index (χ0v) is 39.5. The fourth-order valence-corrected chi connectivity index (χ4v) is 8.72. The third kappa shape index (κ3) is 11.9. The maximum absolute atomic E-state index is 14.3. The first-order valence-corrected chi connectivity index (χ1v) is 22.8. The van der Waals surface area contributed by atoms with Gasteiger partial charge in [-0.15, -0.1) is 0 Å². The minimum Gasteiger partial charge on any atom is -0.495 e. The fraction of sp³-hybridized carbons (Fsp3) is 0.469. The first-order valence-electron chi connectivity index (χ1n) is 22.8. The highest BCUT2D eigenvalue weighted by Gasteiger charge is 2.42. The van der Waals surface area contributed by atoms with Crippen LogP contribution in [-0.4, -0.2) is 124 Å². The standard InChI is InChI=1S/C49H64N10O8/c1-31-26-35(19-23-58(31)34-15-16-38(43(28-34)65-7)54-46(61)39-11-8-10-36(53-39)37-17-20-51-56-37)67-30-44(60)55-45(49(2,3)4)48(63)59-22-9-12-41(59)47(62)50-29-33-14-13-32(40-18-21-52-57(40)5)27-42(33)66-25-24-64-6/h8,10-11,13-18,20-21,27-28,31,35,41,45-46,54,61H,9,12,19,22-26,29-30H2,1-7H3,(H,50,62)(H,51,56)(H,55,60)/t31-,35-,41-,45+,46?/m0/s1. The summed E-state index contributed by atoms with van der Waals surface area (Å²) in [5.74, 6) is 0.227. The summed E-state index contributed by atoms with van der Waals surface area (Å²) in [6, 6.07) is 19.3. The number of aromatic amines is 1. The van der Waals surface area contributed by atoms with Gasteiger partial charge in [-0.05, 0) is 80.5 Å². The van der Waals surface area contributed by atoms with Crippen molar-refractivity contribution >= 4 is 29.1 Å². The van der Waals surface area contributed by atoms with Gasteiger partial charge in [-0.1, -0.05) is 39.0 Å². The molecule has 5 aromatic rings. The maximum Gasteiger partial charge on any atom is 0.246 e. The third-order valence-corrected chi connectivity index (χ3v) is 12.4. The lowest BCUT2D eigenvalue weighted by atomic mass is 9.85. The van der Waals surface area contributed by atoms with E-state index < -0.39 is 29.6 Å². The van der Waals surface area contributed by atoms with Crippen molar-refractivity contribution in [1.29, 1.82) is 0 Å². The monoisotopic (exact) mass is 920 g/mol. The number of carbonyl (C=O) groups excluding carboxylic acids is 3. The van der Waals surface area contributed by atoms with Gasteiger partial charge >= 0.3 is 0 Å². The van der Waals surface area contributed by atoms with Crippen molar-refractivity contribution in [3.05, 3.63) is 90.4 Å². The second-order valence-electron chi connectivity index (χ2n) is 18.1. The number of hydrogen-bond donors (Lipinski definition) is 5. The van der Waals surface area contributed by atoms with Gasteiger partial charge in [-0.25, -0.2) is 4.98 Å².